The summed E-state index contributed by atoms with van der Waals surface area (Å²) in [6.07, 6.45) is 0.593. The van der Waals surface area contributed by atoms with Crippen LogP contribution in [0.15, 0.2) is 24.3 Å². The van der Waals surface area contributed by atoms with E-state index in [1.54, 1.807) is 0 Å². The van der Waals surface area contributed by atoms with Crippen molar-refractivity contribution in [1.29, 1.82) is 0 Å². The van der Waals surface area contributed by atoms with Crippen LogP contribution in [0.1, 0.15) is 30.5 Å². The third kappa shape index (κ3) is 3.46. The van der Waals surface area contributed by atoms with E-state index >= 15 is 0 Å². The lowest BCUT2D eigenvalue weighted by atomic mass is 10.1. The average Bonchev–Trinajstić information content (AvgIpc) is 2.19. The Morgan fingerprint density at radius 2 is 1.93 bits per heavy atom. The summed E-state index contributed by atoms with van der Waals surface area (Å²) in [4.78, 5) is 0. The van der Waals surface area contributed by atoms with E-state index in [2.05, 4.69) is 43.4 Å². The number of halogens is 1. The van der Waals surface area contributed by atoms with Crippen molar-refractivity contribution in [2.75, 3.05) is 13.2 Å². The molecule has 1 aromatic rings. The normalized spacial score (nSPS) is 12.8. The van der Waals surface area contributed by atoms with Gasteiger partial charge < -0.3 is 5.32 Å². The SMILES string of the molecule is Cc1ccc(C(C)NCCCF)cc1. The van der Waals surface area contributed by atoms with E-state index in [9.17, 15) is 4.39 Å². The monoisotopic (exact) mass is 195 g/mol. The fourth-order valence-electron chi connectivity index (χ4n) is 1.36. The highest BCUT2D eigenvalue weighted by Gasteiger charge is 2.02. The molecule has 0 aromatic heterocycles. The number of alkyl halides is 1. The maximum Gasteiger partial charge on any atom is 0.0906 e. The molecule has 1 rings (SSSR count). The Hall–Kier alpha value is -0.890. The molecule has 1 atom stereocenters. The fraction of sp³-hybridized carbons (Fsp3) is 0.500. The summed E-state index contributed by atoms with van der Waals surface area (Å²) in [6.45, 7) is 4.67. The van der Waals surface area contributed by atoms with Crippen LogP contribution >= 0.6 is 0 Å². The highest BCUT2D eigenvalue weighted by atomic mass is 19.1. The molecule has 0 saturated carbocycles. The first-order valence-corrected chi connectivity index (χ1v) is 5.10. The molecular weight excluding hydrogens is 177 g/mol. The number of rotatable bonds is 5. The Kier molecular flexibility index (Phi) is 4.60. The topological polar surface area (TPSA) is 12.0 Å². The number of hydrogen-bond donors (Lipinski definition) is 1. The molecular formula is C12H18FN. The smallest absolute Gasteiger partial charge is 0.0906 e. The molecule has 0 heterocycles. The maximum atomic E-state index is 11.9. The predicted octanol–water partition coefficient (Wildman–Crippen LogP) is 3.01. The molecule has 1 unspecified atom stereocenters. The molecule has 0 fully saturated rings. The minimum Gasteiger partial charge on any atom is -0.310 e. The lowest BCUT2D eigenvalue weighted by molar-refractivity contribution is 0.446. The van der Waals surface area contributed by atoms with Crippen LogP contribution in [0.2, 0.25) is 0 Å². The lowest BCUT2D eigenvalue weighted by Crippen LogP contribution is -2.20. The van der Waals surface area contributed by atoms with Crippen LogP contribution in [0.3, 0.4) is 0 Å². The molecule has 0 bridgehead atoms. The van der Waals surface area contributed by atoms with Crippen molar-refractivity contribution in [3.63, 3.8) is 0 Å². The predicted molar refractivity (Wildman–Crippen MR) is 58.2 cm³/mol. The minimum atomic E-state index is -0.242. The summed E-state index contributed by atoms with van der Waals surface area (Å²) < 4.78 is 11.9. The summed E-state index contributed by atoms with van der Waals surface area (Å²) in [6, 6.07) is 8.73. The Morgan fingerprint density at radius 3 is 2.50 bits per heavy atom. The van der Waals surface area contributed by atoms with Crippen LogP contribution in [0.25, 0.3) is 0 Å². The largest absolute Gasteiger partial charge is 0.310 e. The van der Waals surface area contributed by atoms with E-state index in [1.807, 2.05) is 0 Å². The van der Waals surface area contributed by atoms with Gasteiger partial charge in [-0.3, -0.25) is 4.39 Å². The van der Waals surface area contributed by atoms with E-state index in [-0.39, 0.29) is 6.67 Å². The molecule has 0 radical (unpaired) electrons. The molecule has 0 amide bonds. The summed E-state index contributed by atoms with van der Waals surface area (Å²) in [5.41, 5.74) is 2.53. The first-order valence-electron chi connectivity index (χ1n) is 5.10. The quantitative estimate of drug-likeness (QED) is 0.712. The van der Waals surface area contributed by atoms with E-state index < -0.39 is 0 Å². The van der Waals surface area contributed by atoms with Gasteiger partial charge in [-0.25, -0.2) is 0 Å². The molecule has 0 aliphatic rings. The molecule has 78 valence electrons. The van der Waals surface area contributed by atoms with Crippen LogP contribution in [-0.4, -0.2) is 13.2 Å². The molecule has 0 aliphatic carbocycles. The first-order chi connectivity index (χ1) is 6.74. The maximum absolute atomic E-state index is 11.9. The second-order valence-electron chi connectivity index (χ2n) is 3.63. The molecule has 0 aliphatic heterocycles. The molecule has 2 heteroatoms. The minimum absolute atomic E-state index is 0.242. The zero-order valence-corrected chi connectivity index (χ0v) is 8.89. The second-order valence-corrected chi connectivity index (χ2v) is 3.63. The number of aryl methyl sites for hydroxylation is 1. The van der Waals surface area contributed by atoms with Gasteiger partial charge in [0.25, 0.3) is 0 Å². The molecule has 1 nitrogen and oxygen atoms in total. The zero-order chi connectivity index (χ0) is 10.4. The van der Waals surface area contributed by atoms with Crippen molar-refractivity contribution >= 4 is 0 Å². The van der Waals surface area contributed by atoms with Gasteiger partial charge in [0.1, 0.15) is 0 Å². The Balaban J connectivity index is 2.43. The van der Waals surface area contributed by atoms with E-state index in [1.165, 1.54) is 11.1 Å². The summed E-state index contributed by atoms with van der Waals surface area (Å²) in [5.74, 6) is 0. The standard InChI is InChI=1S/C12H18FN/c1-10-4-6-12(7-5-10)11(2)14-9-3-8-13/h4-7,11,14H,3,8-9H2,1-2H3. The van der Waals surface area contributed by atoms with Gasteiger partial charge in [0.05, 0.1) is 6.67 Å². The van der Waals surface area contributed by atoms with Crippen molar-refractivity contribution in [3.05, 3.63) is 35.4 Å². The third-order valence-corrected chi connectivity index (χ3v) is 2.34. The Labute approximate surface area is 85.3 Å². The van der Waals surface area contributed by atoms with Gasteiger partial charge in [0, 0.05) is 6.04 Å². The molecule has 1 aromatic carbocycles. The van der Waals surface area contributed by atoms with Gasteiger partial charge in [0.2, 0.25) is 0 Å². The van der Waals surface area contributed by atoms with Crippen LogP contribution in [0.4, 0.5) is 4.39 Å². The summed E-state index contributed by atoms with van der Waals surface area (Å²) >= 11 is 0. The number of hydrogen-bond acceptors (Lipinski definition) is 1. The van der Waals surface area contributed by atoms with Gasteiger partial charge >= 0.3 is 0 Å². The number of nitrogens with one attached hydrogen (secondary N) is 1. The van der Waals surface area contributed by atoms with Gasteiger partial charge in [-0.1, -0.05) is 29.8 Å². The molecule has 1 N–H and O–H groups in total. The van der Waals surface area contributed by atoms with Crippen molar-refractivity contribution in [2.45, 2.75) is 26.3 Å². The van der Waals surface area contributed by atoms with Gasteiger partial charge in [-0.05, 0) is 32.4 Å². The van der Waals surface area contributed by atoms with E-state index in [0.717, 1.165) is 6.54 Å². The van der Waals surface area contributed by atoms with Gasteiger partial charge in [0.15, 0.2) is 0 Å². The Morgan fingerprint density at radius 1 is 1.29 bits per heavy atom. The van der Waals surface area contributed by atoms with E-state index in [4.69, 9.17) is 0 Å². The van der Waals surface area contributed by atoms with Crippen molar-refractivity contribution in [2.24, 2.45) is 0 Å². The number of benzene rings is 1. The highest BCUT2D eigenvalue weighted by molar-refractivity contribution is 5.23. The molecule has 0 spiro atoms. The first kappa shape index (κ1) is 11.2. The summed E-state index contributed by atoms with van der Waals surface area (Å²) in [5, 5.41) is 3.28. The molecule has 0 saturated heterocycles. The third-order valence-electron chi connectivity index (χ3n) is 2.34. The van der Waals surface area contributed by atoms with Gasteiger partial charge in [-0.2, -0.15) is 0 Å². The lowest BCUT2D eigenvalue weighted by Gasteiger charge is -2.13. The van der Waals surface area contributed by atoms with Crippen LogP contribution in [0.5, 0.6) is 0 Å². The average molecular weight is 195 g/mol. The van der Waals surface area contributed by atoms with Gasteiger partial charge in [-0.15, -0.1) is 0 Å². The van der Waals surface area contributed by atoms with Crippen LogP contribution < -0.4 is 5.32 Å². The van der Waals surface area contributed by atoms with E-state index in [0.29, 0.717) is 12.5 Å². The fourth-order valence-corrected chi connectivity index (χ4v) is 1.36. The van der Waals surface area contributed by atoms with Crippen LogP contribution in [0, 0.1) is 6.92 Å². The van der Waals surface area contributed by atoms with Crippen molar-refractivity contribution in [1.82, 2.24) is 5.32 Å². The Bertz CT molecular complexity index is 256. The highest BCUT2D eigenvalue weighted by Crippen LogP contribution is 2.12. The second kappa shape index (κ2) is 5.76. The summed E-state index contributed by atoms with van der Waals surface area (Å²) in [7, 11) is 0. The molecule has 14 heavy (non-hydrogen) atoms. The van der Waals surface area contributed by atoms with Crippen molar-refractivity contribution in [3.8, 4) is 0 Å². The zero-order valence-electron chi connectivity index (χ0n) is 8.89. The van der Waals surface area contributed by atoms with Crippen molar-refractivity contribution < 1.29 is 4.39 Å². The van der Waals surface area contributed by atoms with Crippen LogP contribution in [-0.2, 0) is 0 Å².